The zero-order valence-corrected chi connectivity index (χ0v) is 9.31. The van der Waals surface area contributed by atoms with E-state index in [0.29, 0.717) is 32.7 Å². The van der Waals surface area contributed by atoms with Gasteiger partial charge in [-0.1, -0.05) is 0 Å². The number of amides is 1. The minimum Gasteiger partial charge on any atom is -0.530 e. The lowest BCUT2D eigenvalue weighted by molar-refractivity contribution is -0.272. The Balaban J connectivity index is 2.42. The molecule has 1 fully saturated rings. The largest absolute Gasteiger partial charge is 0.530 e. The summed E-state index contributed by atoms with van der Waals surface area (Å²) in [6.45, 7) is 3.43. The van der Waals surface area contributed by atoms with E-state index in [2.05, 4.69) is 10.0 Å². The third-order valence-corrected chi connectivity index (χ3v) is 2.63. The molecule has 0 saturated carbocycles. The first kappa shape index (κ1) is 12.6. The van der Waals surface area contributed by atoms with Crippen molar-refractivity contribution in [3.8, 4) is 0 Å². The Morgan fingerprint density at radius 3 is 3.12 bits per heavy atom. The fourth-order valence-corrected chi connectivity index (χ4v) is 1.81. The summed E-state index contributed by atoms with van der Waals surface area (Å²) in [5.74, 6) is 0. The van der Waals surface area contributed by atoms with Crippen molar-refractivity contribution in [3.05, 3.63) is 0 Å². The molecule has 7 nitrogen and oxygen atoms in total. The average Bonchev–Trinajstić information content (AvgIpc) is 2.24. The van der Waals surface area contributed by atoms with Crippen LogP contribution in [0.5, 0.6) is 0 Å². The third-order valence-electron chi connectivity index (χ3n) is 2.63. The van der Waals surface area contributed by atoms with Gasteiger partial charge in [0.25, 0.3) is 0 Å². The second-order valence-electron chi connectivity index (χ2n) is 4.05. The van der Waals surface area contributed by atoms with Gasteiger partial charge in [0.15, 0.2) is 0 Å². The maximum absolute atomic E-state index is 10.7. The van der Waals surface area contributed by atoms with Gasteiger partial charge in [0.1, 0.15) is 23.3 Å². The van der Waals surface area contributed by atoms with Gasteiger partial charge in [-0.05, 0) is 19.8 Å². The van der Waals surface area contributed by atoms with E-state index in [-0.39, 0.29) is 0 Å². The molecule has 1 N–H and O–H groups in total. The van der Waals surface area contributed by atoms with Crippen molar-refractivity contribution in [2.24, 2.45) is 5.11 Å². The van der Waals surface area contributed by atoms with E-state index in [9.17, 15) is 9.90 Å². The summed E-state index contributed by atoms with van der Waals surface area (Å²) < 4.78 is 5.57. The van der Waals surface area contributed by atoms with Gasteiger partial charge in [0.2, 0.25) is 4.91 Å². The van der Waals surface area contributed by atoms with Crippen LogP contribution < -0.4 is 10.0 Å². The summed E-state index contributed by atoms with van der Waals surface area (Å²) in [5.41, 5.74) is 6.02. The molecule has 7 heteroatoms. The van der Waals surface area contributed by atoms with Crippen LogP contribution in [0.15, 0.2) is 5.11 Å². The van der Waals surface area contributed by atoms with Gasteiger partial charge in [-0.2, -0.15) is 0 Å². The first-order valence-electron chi connectivity index (χ1n) is 5.20. The summed E-state index contributed by atoms with van der Waals surface area (Å²) in [6.07, 6.45) is 0.260. The molecule has 0 spiro atoms. The van der Waals surface area contributed by atoms with E-state index < -0.39 is 11.7 Å². The lowest BCUT2D eigenvalue weighted by Gasteiger charge is -2.41. The lowest BCUT2D eigenvalue weighted by Crippen LogP contribution is -2.55. The monoisotopic (exact) mass is 228 g/mol. The highest BCUT2D eigenvalue weighted by Gasteiger charge is 2.31. The van der Waals surface area contributed by atoms with Crippen molar-refractivity contribution in [3.63, 3.8) is 0 Å². The second-order valence-corrected chi connectivity index (χ2v) is 4.05. The number of hydrogen-bond acceptors (Lipinski definition) is 5. The fraction of sp³-hybridized carbons (Fsp3) is 0.889. The lowest BCUT2D eigenvalue weighted by atomic mass is 9.98. The number of carbonyl (C=O) groups is 1. The van der Waals surface area contributed by atoms with Crippen LogP contribution >= 0.6 is 0 Å². The first-order valence-corrected chi connectivity index (χ1v) is 5.20. The highest BCUT2D eigenvalue weighted by Crippen LogP contribution is 2.22. The molecule has 1 rings (SSSR count). The highest BCUT2D eigenvalue weighted by molar-refractivity contribution is 5.62. The number of carboxylic acid groups (broad SMARTS) is 1. The van der Waals surface area contributed by atoms with E-state index in [4.69, 9.17) is 10.3 Å². The Hall–Kier alpha value is -1.46. The van der Waals surface area contributed by atoms with Crippen LogP contribution in [0.25, 0.3) is 0 Å². The Morgan fingerprint density at radius 1 is 1.75 bits per heavy atom. The van der Waals surface area contributed by atoms with Gasteiger partial charge < -0.3 is 19.5 Å². The summed E-state index contributed by atoms with van der Waals surface area (Å²) >= 11 is 0. The summed E-state index contributed by atoms with van der Waals surface area (Å²) in [5, 5.41) is 14.3. The van der Waals surface area contributed by atoms with Crippen molar-refractivity contribution >= 4 is 6.09 Å². The zero-order chi connectivity index (χ0) is 12.0. The molecular formula is C9H16N4O3. The molecule has 1 saturated heterocycles. The molecular weight excluding hydrogens is 212 g/mol. The normalized spacial score (nSPS) is 24.9. The number of carbonyl (C=O) groups excluding carboxylic acids is 1. The van der Waals surface area contributed by atoms with Gasteiger partial charge in [-0.3, -0.25) is 0 Å². The van der Waals surface area contributed by atoms with Gasteiger partial charge in [-0.25, -0.2) is 0 Å². The molecule has 1 unspecified atom stereocenters. The highest BCUT2D eigenvalue weighted by atomic mass is 16.5. The maximum Gasteiger partial charge on any atom is 0.214 e. The van der Waals surface area contributed by atoms with Crippen molar-refractivity contribution < 1.29 is 14.6 Å². The molecule has 1 atom stereocenters. The van der Waals surface area contributed by atoms with Crippen molar-refractivity contribution in [2.75, 3.05) is 26.2 Å². The van der Waals surface area contributed by atoms with Gasteiger partial charge >= 0.3 is 0 Å². The molecule has 0 aromatic heterocycles. The number of morpholine rings is 1. The zero-order valence-electron chi connectivity index (χ0n) is 9.31. The van der Waals surface area contributed by atoms with Crippen LogP contribution in [-0.2, 0) is 4.74 Å². The van der Waals surface area contributed by atoms with Gasteiger partial charge in [0.05, 0.1) is 12.2 Å². The predicted octanol–water partition coefficient (Wildman–Crippen LogP) is -0.249. The van der Waals surface area contributed by atoms with E-state index in [1.165, 1.54) is 4.90 Å². The third kappa shape index (κ3) is 3.60. The molecule has 90 valence electrons. The Labute approximate surface area is 93.6 Å². The molecule has 0 bridgehead atoms. The second kappa shape index (κ2) is 5.58. The number of ether oxygens (including phenoxy) is 1. The van der Waals surface area contributed by atoms with Gasteiger partial charge in [-0.15, -0.1) is 0 Å². The number of nitrogens with one attached hydrogen (secondary N) is 1. The first-order chi connectivity index (χ1) is 7.57. The quantitative estimate of drug-likeness (QED) is 0.407. The fourth-order valence-electron chi connectivity index (χ4n) is 1.81. The summed E-state index contributed by atoms with van der Waals surface area (Å²) in [6, 6.07) is 0. The van der Waals surface area contributed by atoms with E-state index in [1.807, 2.05) is 6.92 Å². The molecule has 0 aliphatic carbocycles. The molecule has 16 heavy (non-hydrogen) atoms. The number of rotatable bonds is 4. The van der Waals surface area contributed by atoms with Crippen LogP contribution in [0.2, 0.25) is 0 Å². The van der Waals surface area contributed by atoms with Crippen LogP contribution in [0.4, 0.5) is 4.79 Å². The van der Waals surface area contributed by atoms with Crippen molar-refractivity contribution in [2.45, 2.75) is 25.4 Å². The van der Waals surface area contributed by atoms with Crippen molar-refractivity contribution in [1.82, 2.24) is 9.81 Å². The Kier molecular flexibility index (Phi) is 4.39. The minimum absolute atomic E-state index is 0.327. The van der Waals surface area contributed by atoms with E-state index in [0.717, 1.165) is 6.42 Å². The maximum atomic E-state index is 10.7. The topological polar surface area (TPSA) is 103 Å². The standard InChI is InChI=1S/C9H16N4O3/c1-9(3-2-4-11-12-10)7-13(8(14)15)5-6-16-9/h10H,2-7H2,1H3. The summed E-state index contributed by atoms with van der Waals surface area (Å²) in [4.78, 5) is 14.9. The molecule has 1 amide bonds. The Morgan fingerprint density at radius 2 is 2.50 bits per heavy atom. The molecule has 0 radical (unpaired) electrons. The van der Waals surface area contributed by atoms with Crippen LogP contribution in [0, 0.1) is 5.53 Å². The molecule has 0 aromatic rings. The van der Waals surface area contributed by atoms with Crippen molar-refractivity contribution in [1.29, 1.82) is 5.53 Å². The predicted molar refractivity (Wildman–Crippen MR) is 52.7 cm³/mol. The van der Waals surface area contributed by atoms with Crippen LogP contribution in [0.1, 0.15) is 19.8 Å². The van der Waals surface area contributed by atoms with Crippen LogP contribution in [-0.4, -0.2) is 42.8 Å². The Bertz CT molecular complexity index is 303. The average molecular weight is 228 g/mol. The van der Waals surface area contributed by atoms with Gasteiger partial charge in [0, 0.05) is 13.1 Å². The van der Waals surface area contributed by atoms with Crippen LogP contribution in [0.3, 0.4) is 0 Å². The number of nitrogens with zero attached hydrogens (tertiary/aromatic N) is 3. The minimum atomic E-state index is -1.15. The SMILES string of the molecule is CC1(CCCN=[N+]=N)CN(C(=O)[O-])CCO1. The molecule has 1 aliphatic heterocycles. The summed E-state index contributed by atoms with van der Waals surface area (Å²) in [7, 11) is 0. The van der Waals surface area contributed by atoms with E-state index in [1.54, 1.807) is 0 Å². The molecule has 0 aromatic carbocycles. The number of hydrogen-bond donors (Lipinski definition) is 1. The smallest absolute Gasteiger partial charge is 0.214 e. The van der Waals surface area contributed by atoms with E-state index >= 15 is 0 Å². The molecule has 1 aliphatic rings. The molecule has 1 heterocycles.